The zero-order chi connectivity index (χ0) is 16.6. The molecule has 0 amide bonds. The second-order valence-corrected chi connectivity index (χ2v) is 6.10. The molecule has 116 valence electrons. The van der Waals surface area contributed by atoms with Crippen LogP contribution in [0, 0.1) is 19.7 Å². The van der Waals surface area contributed by atoms with Crippen molar-refractivity contribution in [3.8, 4) is 22.4 Å². The molecule has 3 rings (SSSR count). The van der Waals surface area contributed by atoms with E-state index in [1.54, 1.807) is 36.5 Å². The van der Waals surface area contributed by atoms with Crippen molar-refractivity contribution in [3.63, 3.8) is 0 Å². The molecule has 0 aliphatic heterocycles. The van der Waals surface area contributed by atoms with Crippen LogP contribution in [0.5, 0.6) is 0 Å². The highest BCUT2D eigenvalue weighted by molar-refractivity contribution is 9.10. The number of rotatable bonds is 2. The van der Waals surface area contributed by atoms with Crippen LogP contribution in [0.1, 0.15) is 11.4 Å². The molecule has 0 spiro atoms. The monoisotopic (exact) mass is 372 g/mol. The number of hydrogen-bond donors (Lipinski definition) is 1. The van der Waals surface area contributed by atoms with E-state index >= 15 is 0 Å². The highest BCUT2D eigenvalue weighted by Gasteiger charge is 2.13. The maximum absolute atomic E-state index is 13.8. The molecular weight excluding hydrogens is 359 g/mol. The fourth-order valence-electron chi connectivity index (χ4n) is 2.57. The summed E-state index contributed by atoms with van der Waals surface area (Å²) < 4.78 is 14.3. The Bertz CT molecular complexity index is 933. The first-order valence-corrected chi connectivity index (χ1v) is 7.88. The lowest BCUT2D eigenvalue weighted by Crippen LogP contribution is -2.12. The van der Waals surface area contributed by atoms with Crippen LogP contribution in [-0.4, -0.2) is 9.97 Å². The van der Waals surface area contributed by atoms with Crippen LogP contribution >= 0.6 is 15.9 Å². The topological polar surface area (TPSA) is 45.8 Å². The van der Waals surface area contributed by atoms with Gasteiger partial charge in [-0.1, -0.05) is 18.2 Å². The average Bonchev–Trinajstić information content (AvgIpc) is 2.54. The van der Waals surface area contributed by atoms with Crippen LogP contribution in [0.3, 0.4) is 0 Å². The molecule has 0 radical (unpaired) electrons. The van der Waals surface area contributed by atoms with Crippen molar-refractivity contribution in [1.82, 2.24) is 9.97 Å². The van der Waals surface area contributed by atoms with E-state index in [1.165, 1.54) is 6.07 Å². The first-order valence-electron chi connectivity index (χ1n) is 7.09. The highest BCUT2D eigenvalue weighted by Crippen LogP contribution is 2.25. The maximum atomic E-state index is 13.8. The number of aryl methyl sites for hydroxylation is 2. The Hall–Kier alpha value is -2.27. The highest BCUT2D eigenvalue weighted by atomic mass is 79.9. The third-order valence-corrected chi connectivity index (χ3v) is 4.66. The predicted octanol–water partition coefficient (Wildman–Crippen LogP) is 4.62. The van der Waals surface area contributed by atoms with Crippen molar-refractivity contribution >= 4 is 15.9 Å². The van der Waals surface area contributed by atoms with Crippen molar-refractivity contribution in [2.75, 3.05) is 0 Å². The Balaban J connectivity index is 2.10. The van der Waals surface area contributed by atoms with Crippen LogP contribution in [0.2, 0.25) is 0 Å². The molecule has 0 bridgehead atoms. The van der Waals surface area contributed by atoms with Gasteiger partial charge in [0, 0.05) is 28.7 Å². The smallest absolute Gasteiger partial charge is 0.204 e. The summed E-state index contributed by atoms with van der Waals surface area (Å²) in [5.41, 5.74) is 3.71. The number of aromatic amines is 1. The second-order valence-electron chi connectivity index (χ2n) is 5.31. The van der Waals surface area contributed by atoms with Crippen LogP contribution in [0.25, 0.3) is 22.4 Å². The fourth-order valence-corrected chi connectivity index (χ4v) is 2.86. The van der Waals surface area contributed by atoms with E-state index in [4.69, 9.17) is 0 Å². The quantitative estimate of drug-likeness (QED) is 0.712. The Morgan fingerprint density at radius 3 is 2.48 bits per heavy atom. The van der Waals surface area contributed by atoms with Gasteiger partial charge < -0.3 is 4.98 Å². The van der Waals surface area contributed by atoms with Gasteiger partial charge in [0.1, 0.15) is 5.82 Å². The Kier molecular flexibility index (Phi) is 4.13. The number of halogens is 2. The second kappa shape index (κ2) is 6.08. The summed E-state index contributed by atoms with van der Waals surface area (Å²) in [7, 11) is 0. The molecule has 1 N–H and O–H groups in total. The summed E-state index contributed by atoms with van der Waals surface area (Å²) in [5, 5.41) is 0. The first kappa shape index (κ1) is 15.6. The SMILES string of the molecule is Cc1[nH]c(C)c(-c2ccc(-c3ccccc3F)nc2)c(=O)c1Br. The Morgan fingerprint density at radius 2 is 1.83 bits per heavy atom. The van der Waals surface area contributed by atoms with E-state index in [2.05, 4.69) is 25.9 Å². The first-order chi connectivity index (χ1) is 11.0. The van der Waals surface area contributed by atoms with Gasteiger partial charge in [0.05, 0.1) is 15.7 Å². The van der Waals surface area contributed by atoms with Crippen LogP contribution in [0.4, 0.5) is 4.39 Å². The van der Waals surface area contributed by atoms with Crippen LogP contribution < -0.4 is 5.43 Å². The summed E-state index contributed by atoms with van der Waals surface area (Å²) in [5.74, 6) is -0.320. The van der Waals surface area contributed by atoms with E-state index in [-0.39, 0.29) is 11.2 Å². The average molecular weight is 373 g/mol. The van der Waals surface area contributed by atoms with Crippen molar-refractivity contribution in [1.29, 1.82) is 0 Å². The molecule has 2 heterocycles. The number of benzene rings is 1. The van der Waals surface area contributed by atoms with E-state index in [1.807, 2.05) is 13.8 Å². The number of hydrogen-bond acceptors (Lipinski definition) is 2. The van der Waals surface area contributed by atoms with E-state index in [0.717, 1.165) is 11.4 Å². The number of nitrogens with zero attached hydrogens (tertiary/aromatic N) is 1. The van der Waals surface area contributed by atoms with Gasteiger partial charge >= 0.3 is 0 Å². The van der Waals surface area contributed by atoms with Gasteiger partial charge in [-0.25, -0.2) is 4.39 Å². The number of nitrogens with one attached hydrogen (secondary N) is 1. The summed E-state index contributed by atoms with van der Waals surface area (Å²) in [6, 6.07) is 9.99. The molecule has 0 saturated carbocycles. The lowest BCUT2D eigenvalue weighted by Gasteiger charge is -2.09. The van der Waals surface area contributed by atoms with Gasteiger partial charge in [-0.3, -0.25) is 9.78 Å². The van der Waals surface area contributed by atoms with E-state index in [0.29, 0.717) is 26.9 Å². The maximum Gasteiger partial charge on any atom is 0.204 e. The van der Waals surface area contributed by atoms with Crippen LogP contribution in [0.15, 0.2) is 51.9 Å². The summed E-state index contributed by atoms with van der Waals surface area (Å²) in [6.45, 7) is 3.68. The molecule has 0 atom stereocenters. The molecule has 1 aromatic carbocycles. The molecule has 0 fully saturated rings. The number of pyridine rings is 2. The molecular formula is C18H14BrFN2O. The summed E-state index contributed by atoms with van der Waals surface area (Å²) in [6.07, 6.45) is 1.60. The third-order valence-electron chi connectivity index (χ3n) is 3.71. The van der Waals surface area contributed by atoms with E-state index < -0.39 is 0 Å². The Labute approximate surface area is 141 Å². The van der Waals surface area contributed by atoms with E-state index in [9.17, 15) is 9.18 Å². The minimum absolute atomic E-state index is 0.0841. The molecule has 5 heteroatoms. The van der Waals surface area contributed by atoms with Gasteiger partial charge in [0.25, 0.3) is 0 Å². The lowest BCUT2D eigenvalue weighted by atomic mass is 10.0. The third kappa shape index (κ3) is 2.84. The minimum Gasteiger partial charge on any atom is -0.361 e. The predicted molar refractivity (Wildman–Crippen MR) is 92.9 cm³/mol. The van der Waals surface area contributed by atoms with Crippen molar-refractivity contribution in [2.45, 2.75) is 13.8 Å². The van der Waals surface area contributed by atoms with Gasteiger partial charge in [0.15, 0.2) is 0 Å². The molecule has 23 heavy (non-hydrogen) atoms. The zero-order valence-corrected chi connectivity index (χ0v) is 14.2. The summed E-state index contributed by atoms with van der Waals surface area (Å²) in [4.78, 5) is 19.9. The van der Waals surface area contributed by atoms with Crippen LogP contribution in [-0.2, 0) is 0 Å². The molecule has 0 aliphatic carbocycles. The van der Waals surface area contributed by atoms with Gasteiger partial charge in [0.2, 0.25) is 5.43 Å². The standard InChI is InChI=1S/C18H14BrFN2O/c1-10-16(18(23)17(19)11(2)22-10)12-7-8-15(21-9-12)13-5-3-4-6-14(13)20/h3-9H,1-2H3,(H,22,23). The van der Waals surface area contributed by atoms with Gasteiger partial charge in [-0.2, -0.15) is 0 Å². The van der Waals surface area contributed by atoms with Gasteiger partial charge in [-0.05, 0) is 48.0 Å². The zero-order valence-electron chi connectivity index (χ0n) is 12.7. The number of aromatic nitrogens is 2. The fraction of sp³-hybridized carbons (Fsp3) is 0.111. The normalized spacial score (nSPS) is 10.8. The number of H-pyrrole nitrogens is 1. The van der Waals surface area contributed by atoms with Crippen molar-refractivity contribution in [3.05, 3.63) is 74.5 Å². The molecule has 0 unspecified atom stereocenters. The molecule has 3 nitrogen and oxygen atoms in total. The minimum atomic E-state index is -0.320. The largest absolute Gasteiger partial charge is 0.361 e. The Morgan fingerprint density at radius 1 is 1.09 bits per heavy atom. The van der Waals surface area contributed by atoms with Gasteiger partial charge in [-0.15, -0.1) is 0 Å². The molecule has 0 aliphatic rings. The molecule has 0 saturated heterocycles. The molecule has 3 aromatic rings. The molecule has 2 aromatic heterocycles. The van der Waals surface area contributed by atoms with Crippen molar-refractivity contribution < 1.29 is 4.39 Å². The lowest BCUT2D eigenvalue weighted by molar-refractivity contribution is 0.631. The van der Waals surface area contributed by atoms with Crippen molar-refractivity contribution in [2.24, 2.45) is 0 Å². The summed E-state index contributed by atoms with van der Waals surface area (Å²) >= 11 is 3.31.